The molecule has 1 rings (SSSR count). The summed E-state index contributed by atoms with van der Waals surface area (Å²) in [6.07, 6.45) is 1.13. The number of carboxylic acids is 1. The molecule has 1 N–H and O–H groups in total. The van der Waals surface area contributed by atoms with Crippen LogP contribution in [0.3, 0.4) is 0 Å². The third-order valence-corrected chi connectivity index (χ3v) is 3.18. The van der Waals surface area contributed by atoms with Gasteiger partial charge in [-0.1, -0.05) is 12.1 Å². The van der Waals surface area contributed by atoms with Crippen molar-refractivity contribution in [2.24, 2.45) is 0 Å². The maximum Gasteiger partial charge on any atom is 0.304 e. The highest BCUT2D eigenvalue weighted by Crippen LogP contribution is 2.09. The lowest BCUT2D eigenvalue weighted by molar-refractivity contribution is -0.137. The van der Waals surface area contributed by atoms with E-state index in [-0.39, 0.29) is 6.42 Å². The summed E-state index contributed by atoms with van der Waals surface area (Å²) in [5, 5.41) is 17.8. The van der Waals surface area contributed by atoms with Crippen LogP contribution in [-0.2, 0) is 11.3 Å². The van der Waals surface area contributed by atoms with Crippen molar-refractivity contribution in [1.29, 1.82) is 5.26 Å². The second-order valence-electron chi connectivity index (χ2n) is 5.39. The molecule has 0 atom stereocenters. The van der Waals surface area contributed by atoms with Crippen LogP contribution in [0.25, 0.3) is 0 Å². The number of carboxylic acid groups (broad SMARTS) is 1. The summed E-state index contributed by atoms with van der Waals surface area (Å²) < 4.78 is 0. The predicted octanol–water partition coefficient (Wildman–Crippen LogP) is 1.79. The van der Waals surface area contributed by atoms with Crippen LogP contribution in [0.1, 0.15) is 24.0 Å². The first kappa shape index (κ1) is 17.2. The van der Waals surface area contributed by atoms with Gasteiger partial charge in [0.1, 0.15) is 0 Å². The van der Waals surface area contributed by atoms with E-state index in [1.807, 2.05) is 32.3 Å². The number of nitriles is 1. The molecule has 0 unspecified atom stereocenters. The van der Waals surface area contributed by atoms with Gasteiger partial charge in [0.05, 0.1) is 18.1 Å². The highest BCUT2D eigenvalue weighted by Gasteiger charge is 2.09. The average molecular weight is 289 g/mol. The van der Waals surface area contributed by atoms with Crippen LogP contribution in [0.5, 0.6) is 0 Å². The number of nitrogens with zero attached hydrogens (tertiary/aromatic N) is 3. The van der Waals surface area contributed by atoms with Gasteiger partial charge in [0.15, 0.2) is 0 Å². The Morgan fingerprint density at radius 3 is 2.67 bits per heavy atom. The third-order valence-electron chi connectivity index (χ3n) is 3.18. The van der Waals surface area contributed by atoms with E-state index in [9.17, 15) is 4.79 Å². The van der Waals surface area contributed by atoms with Crippen LogP contribution in [0.4, 0.5) is 0 Å². The number of hydrogen-bond acceptors (Lipinski definition) is 4. The van der Waals surface area contributed by atoms with Gasteiger partial charge in [-0.25, -0.2) is 0 Å². The first-order valence-electron chi connectivity index (χ1n) is 7.09. The van der Waals surface area contributed by atoms with E-state index in [2.05, 4.69) is 15.9 Å². The number of aliphatic carboxylic acids is 1. The van der Waals surface area contributed by atoms with Crippen LogP contribution in [-0.4, -0.2) is 54.6 Å². The molecule has 0 fully saturated rings. The number of carbonyl (C=O) groups is 1. The molecule has 21 heavy (non-hydrogen) atoms. The van der Waals surface area contributed by atoms with Crippen LogP contribution in [0.15, 0.2) is 24.3 Å². The van der Waals surface area contributed by atoms with Crippen molar-refractivity contribution in [3.63, 3.8) is 0 Å². The largest absolute Gasteiger partial charge is 0.481 e. The zero-order valence-electron chi connectivity index (χ0n) is 12.7. The summed E-state index contributed by atoms with van der Waals surface area (Å²) in [7, 11) is 4.05. The van der Waals surface area contributed by atoms with Gasteiger partial charge in [0.25, 0.3) is 0 Å². The van der Waals surface area contributed by atoms with Crippen LogP contribution < -0.4 is 0 Å². The quantitative estimate of drug-likeness (QED) is 0.750. The lowest BCUT2D eigenvalue weighted by Gasteiger charge is -2.22. The van der Waals surface area contributed by atoms with Gasteiger partial charge in [-0.2, -0.15) is 5.26 Å². The zero-order valence-corrected chi connectivity index (χ0v) is 12.7. The van der Waals surface area contributed by atoms with Crippen LogP contribution >= 0.6 is 0 Å². The van der Waals surface area contributed by atoms with Crippen molar-refractivity contribution in [3.05, 3.63) is 35.4 Å². The molecule has 0 amide bonds. The van der Waals surface area contributed by atoms with E-state index in [1.165, 1.54) is 0 Å². The highest BCUT2D eigenvalue weighted by atomic mass is 16.4. The fourth-order valence-electron chi connectivity index (χ4n) is 2.13. The summed E-state index contributed by atoms with van der Waals surface area (Å²) >= 11 is 0. The van der Waals surface area contributed by atoms with Crippen molar-refractivity contribution in [2.45, 2.75) is 19.4 Å². The third kappa shape index (κ3) is 7.45. The molecule has 0 spiro atoms. The fourth-order valence-corrected chi connectivity index (χ4v) is 2.13. The van der Waals surface area contributed by atoms with E-state index in [1.54, 1.807) is 6.07 Å². The van der Waals surface area contributed by atoms with Crippen LogP contribution in [0.2, 0.25) is 0 Å². The Morgan fingerprint density at radius 1 is 1.29 bits per heavy atom. The van der Waals surface area contributed by atoms with Crippen molar-refractivity contribution in [3.8, 4) is 6.07 Å². The van der Waals surface area contributed by atoms with Crippen LogP contribution in [0, 0.1) is 11.3 Å². The van der Waals surface area contributed by atoms with E-state index in [0.29, 0.717) is 18.7 Å². The molecular weight excluding hydrogens is 266 g/mol. The second kappa shape index (κ2) is 9.11. The van der Waals surface area contributed by atoms with E-state index in [4.69, 9.17) is 10.4 Å². The molecule has 1 aromatic carbocycles. The van der Waals surface area contributed by atoms with Crippen molar-refractivity contribution in [1.82, 2.24) is 9.80 Å². The lowest BCUT2D eigenvalue weighted by Crippen LogP contribution is -2.29. The first-order chi connectivity index (χ1) is 10.0. The molecule has 5 heteroatoms. The Hall–Kier alpha value is -1.90. The molecule has 1 aromatic rings. The Balaban J connectivity index is 2.61. The van der Waals surface area contributed by atoms with Gasteiger partial charge in [0, 0.05) is 13.1 Å². The van der Waals surface area contributed by atoms with Crippen molar-refractivity contribution in [2.75, 3.05) is 33.7 Å². The van der Waals surface area contributed by atoms with Gasteiger partial charge in [0.2, 0.25) is 0 Å². The van der Waals surface area contributed by atoms with Gasteiger partial charge in [-0.15, -0.1) is 0 Å². The SMILES string of the molecule is CN(C)CCCN(CCC(=O)O)Cc1cccc(C#N)c1. The van der Waals surface area contributed by atoms with Crippen molar-refractivity contribution < 1.29 is 9.90 Å². The standard InChI is InChI=1S/C16H23N3O2/c1-18(2)8-4-9-19(10-7-16(20)21)13-15-6-3-5-14(11-15)12-17/h3,5-6,11H,4,7-10,13H2,1-2H3,(H,20,21). The highest BCUT2D eigenvalue weighted by molar-refractivity contribution is 5.66. The molecule has 0 aliphatic rings. The summed E-state index contributed by atoms with van der Waals surface area (Å²) in [4.78, 5) is 15.0. The van der Waals surface area contributed by atoms with Gasteiger partial charge >= 0.3 is 5.97 Å². The van der Waals surface area contributed by atoms with E-state index in [0.717, 1.165) is 25.1 Å². The number of benzene rings is 1. The maximum absolute atomic E-state index is 10.8. The smallest absolute Gasteiger partial charge is 0.304 e. The zero-order chi connectivity index (χ0) is 15.7. The van der Waals surface area contributed by atoms with Gasteiger partial charge in [-0.3, -0.25) is 9.69 Å². The minimum Gasteiger partial charge on any atom is -0.481 e. The number of hydrogen-bond donors (Lipinski definition) is 1. The molecule has 0 aliphatic carbocycles. The molecule has 0 saturated carbocycles. The Morgan fingerprint density at radius 2 is 2.05 bits per heavy atom. The maximum atomic E-state index is 10.8. The topological polar surface area (TPSA) is 67.6 Å². The Bertz CT molecular complexity index is 495. The first-order valence-corrected chi connectivity index (χ1v) is 7.09. The molecule has 0 heterocycles. The van der Waals surface area contributed by atoms with E-state index < -0.39 is 5.97 Å². The minimum atomic E-state index is -0.779. The van der Waals surface area contributed by atoms with Crippen molar-refractivity contribution >= 4 is 5.97 Å². The molecule has 0 radical (unpaired) electrons. The monoisotopic (exact) mass is 289 g/mol. The molecule has 114 valence electrons. The molecule has 0 saturated heterocycles. The average Bonchev–Trinajstić information content (AvgIpc) is 2.44. The lowest BCUT2D eigenvalue weighted by atomic mass is 10.1. The Kier molecular flexibility index (Phi) is 7.44. The van der Waals surface area contributed by atoms with Gasteiger partial charge < -0.3 is 10.0 Å². The predicted molar refractivity (Wildman–Crippen MR) is 81.9 cm³/mol. The molecule has 0 aromatic heterocycles. The van der Waals surface area contributed by atoms with E-state index >= 15 is 0 Å². The normalized spacial score (nSPS) is 10.8. The second-order valence-corrected chi connectivity index (χ2v) is 5.39. The summed E-state index contributed by atoms with van der Waals surface area (Å²) in [6.45, 7) is 3.03. The minimum absolute atomic E-state index is 0.139. The molecule has 5 nitrogen and oxygen atoms in total. The Labute approximate surface area is 126 Å². The summed E-state index contributed by atoms with van der Waals surface area (Å²) in [6, 6.07) is 9.60. The molecule has 0 bridgehead atoms. The summed E-state index contributed by atoms with van der Waals surface area (Å²) in [5.41, 5.74) is 1.68. The molecule has 0 aliphatic heterocycles. The summed E-state index contributed by atoms with van der Waals surface area (Å²) in [5.74, 6) is -0.779. The molecular formula is C16H23N3O2. The fraction of sp³-hybridized carbons (Fsp3) is 0.500. The van der Waals surface area contributed by atoms with Gasteiger partial charge in [-0.05, 0) is 51.3 Å². The number of rotatable bonds is 9.